The maximum Gasteiger partial charge on any atom is 0.140 e. The van der Waals surface area contributed by atoms with Crippen molar-refractivity contribution in [1.29, 1.82) is 0 Å². The van der Waals surface area contributed by atoms with Crippen molar-refractivity contribution in [2.45, 2.75) is 13.5 Å². The summed E-state index contributed by atoms with van der Waals surface area (Å²) in [4.78, 5) is 8.31. The fourth-order valence-electron chi connectivity index (χ4n) is 3.28. The first-order valence-corrected chi connectivity index (χ1v) is 11.2. The maximum atomic E-state index is 5.91. The molecule has 158 valence electrons. The summed E-state index contributed by atoms with van der Waals surface area (Å²) in [6.45, 7) is 7.73. The third-order valence-corrected chi connectivity index (χ3v) is 6.12. The molecule has 30 heavy (non-hydrogen) atoms. The van der Waals surface area contributed by atoms with E-state index in [4.69, 9.17) is 30.8 Å². The van der Waals surface area contributed by atoms with E-state index in [0.717, 1.165) is 60.6 Å². The van der Waals surface area contributed by atoms with Gasteiger partial charge in [0.05, 0.1) is 18.9 Å². The van der Waals surface area contributed by atoms with Crippen LogP contribution in [0.2, 0.25) is 5.02 Å². The van der Waals surface area contributed by atoms with Gasteiger partial charge >= 0.3 is 0 Å². The molecule has 2 aromatic carbocycles. The van der Waals surface area contributed by atoms with Crippen LogP contribution in [0.15, 0.2) is 48.5 Å². The highest BCUT2D eigenvalue weighted by atomic mass is 35.5. The Bertz CT molecular complexity index is 938. The van der Waals surface area contributed by atoms with E-state index in [1.54, 1.807) is 11.3 Å². The minimum atomic E-state index is 0.440. The lowest BCUT2D eigenvalue weighted by atomic mass is 10.1. The predicted octanol–water partition coefficient (Wildman–Crippen LogP) is 5.06. The summed E-state index contributed by atoms with van der Waals surface area (Å²) in [5.74, 6) is 1.67. The van der Waals surface area contributed by atoms with Gasteiger partial charge in [0.25, 0.3) is 0 Å². The molecular formula is C23H25ClN2O3S. The van der Waals surface area contributed by atoms with Crippen LogP contribution in [0.3, 0.4) is 0 Å². The number of benzene rings is 2. The zero-order valence-corrected chi connectivity index (χ0v) is 18.5. The number of halogens is 1. The molecule has 1 aromatic heterocycles. The van der Waals surface area contributed by atoms with Crippen LogP contribution in [-0.4, -0.2) is 49.3 Å². The molecule has 0 N–H and O–H groups in total. The predicted molar refractivity (Wildman–Crippen MR) is 121 cm³/mol. The molecule has 0 radical (unpaired) electrons. The zero-order valence-electron chi connectivity index (χ0n) is 17.0. The Kier molecular flexibility index (Phi) is 7.23. The molecule has 0 atom stereocenters. The quantitative estimate of drug-likeness (QED) is 0.485. The van der Waals surface area contributed by atoms with Gasteiger partial charge in [0, 0.05) is 35.1 Å². The van der Waals surface area contributed by atoms with Gasteiger partial charge in [-0.25, -0.2) is 4.98 Å². The first-order chi connectivity index (χ1) is 14.7. The Morgan fingerprint density at radius 2 is 1.67 bits per heavy atom. The van der Waals surface area contributed by atoms with Gasteiger partial charge in [0.15, 0.2) is 0 Å². The number of rotatable bonds is 8. The Morgan fingerprint density at radius 3 is 2.40 bits per heavy atom. The Balaban J connectivity index is 1.31. The second kappa shape index (κ2) is 10.3. The van der Waals surface area contributed by atoms with E-state index in [2.05, 4.69) is 24.0 Å². The van der Waals surface area contributed by atoms with Crippen LogP contribution in [0.1, 0.15) is 9.88 Å². The molecule has 3 aromatic rings. The second-order valence-corrected chi connectivity index (χ2v) is 8.81. The highest BCUT2D eigenvalue weighted by Crippen LogP contribution is 2.29. The summed E-state index contributed by atoms with van der Waals surface area (Å²) >= 11 is 7.57. The average molecular weight is 445 g/mol. The fraction of sp³-hybridized carbons (Fsp3) is 0.348. The molecule has 0 amide bonds. The maximum absolute atomic E-state index is 5.91. The molecule has 0 spiro atoms. The van der Waals surface area contributed by atoms with Crippen LogP contribution >= 0.6 is 22.9 Å². The summed E-state index contributed by atoms with van der Waals surface area (Å²) in [5.41, 5.74) is 2.08. The number of morpholine rings is 1. The molecule has 1 aliphatic heterocycles. The van der Waals surface area contributed by atoms with Crippen LogP contribution in [0.5, 0.6) is 11.5 Å². The van der Waals surface area contributed by atoms with E-state index >= 15 is 0 Å². The summed E-state index contributed by atoms with van der Waals surface area (Å²) in [7, 11) is 0. The minimum absolute atomic E-state index is 0.440. The molecule has 7 heteroatoms. The third-order valence-electron chi connectivity index (χ3n) is 4.92. The van der Waals surface area contributed by atoms with Crippen molar-refractivity contribution in [3.8, 4) is 22.8 Å². The van der Waals surface area contributed by atoms with E-state index in [-0.39, 0.29) is 0 Å². The monoisotopic (exact) mass is 444 g/mol. The first-order valence-electron chi connectivity index (χ1n) is 10.1. The number of aryl methyl sites for hydroxylation is 1. The number of nitrogens with zero attached hydrogens (tertiary/aromatic N) is 2. The Hall–Kier alpha value is -2.12. The summed E-state index contributed by atoms with van der Waals surface area (Å²) < 4.78 is 17.1. The first kappa shape index (κ1) is 21.1. The molecule has 1 fully saturated rings. The molecule has 1 aliphatic rings. The molecule has 0 saturated carbocycles. The van der Waals surface area contributed by atoms with Crippen molar-refractivity contribution in [2.75, 3.05) is 39.5 Å². The van der Waals surface area contributed by atoms with Gasteiger partial charge in [-0.05, 0) is 55.5 Å². The van der Waals surface area contributed by atoms with Crippen LogP contribution in [0.25, 0.3) is 11.3 Å². The number of hydrogen-bond acceptors (Lipinski definition) is 6. The molecule has 4 rings (SSSR count). The van der Waals surface area contributed by atoms with Crippen molar-refractivity contribution in [2.24, 2.45) is 0 Å². The van der Waals surface area contributed by atoms with Crippen molar-refractivity contribution in [3.63, 3.8) is 0 Å². The van der Waals surface area contributed by atoms with Gasteiger partial charge in [-0.3, -0.25) is 4.90 Å². The van der Waals surface area contributed by atoms with Gasteiger partial charge in [0.1, 0.15) is 29.7 Å². The van der Waals surface area contributed by atoms with Gasteiger partial charge in [-0.2, -0.15) is 0 Å². The molecule has 1 saturated heterocycles. The van der Waals surface area contributed by atoms with Crippen LogP contribution in [0.4, 0.5) is 0 Å². The lowest BCUT2D eigenvalue weighted by molar-refractivity contribution is 0.0322. The van der Waals surface area contributed by atoms with E-state index in [1.165, 1.54) is 4.88 Å². The lowest BCUT2D eigenvalue weighted by Crippen LogP contribution is -2.38. The highest BCUT2D eigenvalue weighted by Gasteiger charge is 2.12. The highest BCUT2D eigenvalue weighted by molar-refractivity contribution is 7.12. The number of ether oxygens (including phenoxy) is 3. The molecule has 5 nitrogen and oxygen atoms in total. The van der Waals surface area contributed by atoms with E-state index in [1.807, 2.05) is 36.4 Å². The number of thiazole rings is 1. The Morgan fingerprint density at radius 1 is 1.00 bits per heavy atom. The molecule has 0 aliphatic carbocycles. The van der Waals surface area contributed by atoms with Crippen LogP contribution in [-0.2, 0) is 11.3 Å². The fourth-order valence-corrected chi connectivity index (χ4v) is 4.28. The van der Waals surface area contributed by atoms with Crippen LogP contribution < -0.4 is 9.47 Å². The van der Waals surface area contributed by atoms with Gasteiger partial charge in [0.2, 0.25) is 0 Å². The molecule has 0 unspecified atom stereocenters. The lowest BCUT2D eigenvalue weighted by Gasteiger charge is -2.26. The van der Waals surface area contributed by atoms with Gasteiger partial charge < -0.3 is 14.2 Å². The van der Waals surface area contributed by atoms with Crippen molar-refractivity contribution in [3.05, 3.63) is 63.4 Å². The summed E-state index contributed by atoms with van der Waals surface area (Å²) in [6, 6.07) is 15.5. The van der Waals surface area contributed by atoms with Crippen molar-refractivity contribution in [1.82, 2.24) is 9.88 Å². The molecular weight excluding hydrogens is 420 g/mol. The normalized spacial score (nSPS) is 14.6. The molecule has 0 bridgehead atoms. The SMILES string of the molecule is Cc1sc(COc2ccc(Cl)cc2)nc1-c1ccc(OCCN2CCOCC2)cc1. The van der Waals surface area contributed by atoms with Crippen molar-refractivity contribution >= 4 is 22.9 Å². The van der Waals surface area contributed by atoms with E-state index in [9.17, 15) is 0 Å². The zero-order chi connectivity index (χ0) is 20.8. The summed E-state index contributed by atoms with van der Waals surface area (Å²) in [5, 5.41) is 1.64. The largest absolute Gasteiger partial charge is 0.492 e. The van der Waals surface area contributed by atoms with Gasteiger partial charge in [-0.15, -0.1) is 11.3 Å². The minimum Gasteiger partial charge on any atom is -0.492 e. The topological polar surface area (TPSA) is 43.8 Å². The number of aromatic nitrogens is 1. The van der Waals surface area contributed by atoms with Gasteiger partial charge in [-0.1, -0.05) is 11.6 Å². The van der Waals surface area contributed by atoms with Crippen molar-refractivity contribution < 1.29 is 14.2 Å². The summed E-state index contributed by atoms with van der Waals surface area (Å²) in [6.07, 6.45) is 0. The number of hydrogen-bond donors (Lipinski definition) is 0. The standard InChI is InChI=1S/C23H25ClN2O3S/c1-17-23(25-22(30-17)16-29-21-8-4-19(24)5-9-21)18-2-6-20(7-3-18)28-15-12-26-10-13-27-14-11-26/h2-9H,10-16H2,1H3. The molecule has 2 heterocycles. The average Bonchev–Trinajstić information content (AvgIpc) is 3.15. The van der Waals surface area contributed by atoms with Crippen LogP contribution in [0, 0.1) is 6.92 Å². The smallest absolute Gasteiger partial charge is 0.140 e. The van der Waals surface area contributed by atoms with E-state index < -0.39 is 0 Å². The second-order valence-electron chi connectivity index (χ2n) is 7.08. The Labute approximate surface area is 186 Å². The third kappa shape index (κ3) is 5.73. The van der Waals surface area contributed by atoms with E-state index in [0.29, 0.717) is 18.2 Å².